The van der Waals surface area contributed by atoms with E-state index in [1.165, 1.54) is 22.9 Å². The van der Waals surface area contributed by atoms with Gasteiger partial charge in [-0.05, 0) is 18.1 Å². The summed E-state index contributed by atoms with van der Waals surface area (Å²) in [5.74, 6) is 0.577. The molecule has 4 nitrogen and oxygen atoms in total. The van der Waals surface area contributed by atoms with Crippen LogP contribution in [0.5, 0.6) is 0 Å². The number of nitrogens with zero attached hydrogens (tertiary/aromatic N) is 2. The largest absolute Gasteiger partial charge is 0.416 e. The maximum Gasteiger partial charge on any atom is 0.277 e. The second-order valence-electron chi connectivity index (χ2n) is 3.79. The first-order chi connectivity index (χ1) is 8.20. The van der Waals surface area contributed by atoms with Gasteiger partial charge in [-0.25, -0.2) is 0 Å². The summed E-state index contributed by atoms with van der Waals surface area (Å²) in [5.41, 5.74) is 8.26. The van der Waals surface area contributed by atoms with Crippen molar-refractivity contribution >= 4 is 11.8 Å². The predicted octanol–water partition coefficient (Wildman–Crippen LogP) is 2.48. The highest BCUT2D eigenvalue weighted by Gasteiger charge is 2.16. The molecule has 0 radical (unpaired) electrons. The van der Waals surface area contributed by atoms with E-state index in [-0.39, 0.29) is 5.25 Å². The smallest absolute Gasteiger partial charge is 0.277 e. The van der Waals surface area contributed by atoms with Gasteiger partial charge in [-0.3, -0.25) is 0 Å². The number of aromatic nitrogens is 2. The van der Waals surface area contributed by atoms with Crippen molar-refractivity contribution < 1.29 is 4.42 Å². The Hall–Kier alpha value is -1.33. The van der Waals surface area contributed by atoms with Gasteiger partial charge >= 0.3 is 0 Å². The van der Waals surface area contributed by atoms with Gasteiger partial charge in [0.15, 0.2) is 0 Å². The molecule has 1 aromatic carbocycles. The van der Waals surface area contributed by atoms with Crippen LogP contribution in [0.4, 0.5) is 0 Å². The minimum Gasteiger partial charge on any atom is -0.416 e. The first-order valence-electron chi connectivity index (χ1n) is 5.43. The monoisotopic (exact) mass is 249 g/mol. The Balaban J connectivity index is 2.20. The summed E-state index contributed by atoms with van der Waals surface area (Å²) >= 11 is 1.51. The normalized spacial score (nSPS) is 12.6. The third-order valence-electron chi connectivity index (χ3n) is 2.50. The number of benzene rings is 1. The Morgan fingerprint density at radius 1 is 1.29 bits per heavy atom. The minimum absolute atomic E-state index is 0.149. The van der Waals surface area contributed by atoms with Crippen molar-refractivity contribution in [2.24, 2.45) is 5.73 Å². The molecular formula is C12H15N3OS. The molecule has 1 heterocycles. The zero-order valence-electron chi connectivity index (χ0n) is 9.88. The molecule has 0 spiro atoms. The highest BCUT2D eigenvalue weighted by atomic mass is 32.2. The lowest BCUT2D eigenvalue weighted by Crippen LogP contribution is -2.10. The maximum absolute atomic E-state index is 5.82. The molecule has 0 amide bonds. The van der Waals surface area contributed by atoms with Gasteiger partial charge in [0.25, 0.3) is 5.22 Å². The van der Waals surface area contributed by atoms with Crippen LogP contribution in [-0.2, 0) is 0 Å². The van der Waals surface area contributed by atoms with Gasteiger partial charge in [-0.15, -0.1) is 10.2 Å². The Bertz CT molecular complexity index is 498. The fourth-order valence-electron chi connectivity index (χ4n) is 1.63. The number of thioether (sulfide) groups is 1. The average Bonchev–Trinajstić information content (AvgIpc) is 2.73. The van der Waals surface area contributed by atoms with Crippen LogP contribution in [0, 0.1) is 13.8 Å². The van der Waals surface area contributed by atoms with Gasteiger partial charge < -0.3 is 10.2 Å². The van der Waals surface area contributed by atoms with Crippen molar-refractivity contribution in [3.63, 3.8) is 0 Å². The van der Waals surface area contributed by atoms with Gasteiger partial charge in [0, 0.05) is 13.5 Å². The van der Waals surface area contributed by atoms with Crippen molar-refractivity contribution in [1.29, 1.82) is 0 Å². The van der Waals surface area contributed by atoms with Crippen LogP contribution in [-0.4, -0.2) is 16.7 Å². The van der Waals surface area contributed by atoms with E-state index in [4.69, 9.17) is 10.2 Å². The summed E-state index contributed by atoms with van der Waals surface area (Å²) < 4.78 is 5.36. The average molecular weight is 249 g/mol. The zero-order chi connectivity index (χ0) is 12.3. The van der Waals surface area contributed by atoms with Gasteiger partial charge in [0.05, 0.1) is 5.25 Å². The molecule has 0 aliphatic heterocycles. The van der Waals surface area contributed by atoms with Crippen molar-refractivity contribution in [1.82, 2.24) is 10.2 Å². The van der Waals surface area contributed by atoms with Crippen molar-refractivity contribution in [3.8, 4) is 0 Å². The Labute approximate surface area is 105 Å². The molecule has 90 valence electrons. The molecular weight excluding hydrogens is 234 g/mol. The summed E-state index contributed by atoms with van der Waals surface area (Å²) in [6, 6.07) is 8.21. The first-order valence-corrected chi connectivity index (χ1v) is 6.31. The summed E-state index contributed by atoms with van der Waals surface area (Å²) in [7, 11) is 0. The molecule has 1 atom stereocenters. The number of hydrogen-bond acceptors (Lipinski definition) is 5. The van der Waals surface area contributed by atoms with Crippen molar-refractivity contribution in [2.75, 3.05) is 6.54 Å². The second kappa shape index (κ2) is 5.33. The molecule has 1 aromatic heterocycles. The van der Waals surface area contributed by atoms with Crippen LogP contribution in [0.3, 0.4) is 0 Å². The third kappa shape index (κ3) is 2.87. The molecule has 1 unspecified atom stereocenters. The fraction of sp³-hybridized carbons (Fsp3) is 0.333. The maximum atomic E-state index is 5.82. The number of nitrogens with two attached hydrogens (primary N) is 1. The standard InChI is InChI=1S/C12H15N3OS/c1-8-5-3-4-6-10(8)11(7-13)17-12-15-14-9(2)16-12/h3-6,11H,7,13H2,1-2H3. The van der Waals surface area contributed by atoms with Crippen LogP contribution in [0.1, 0.15) is 22.3 Å². The Morgan fingerprint density at radius 2 is 2.06 bits per heavy atom. The molecule has 0 aliphatic rings. The summed E-state index contributed by atoms with van der Waals surface area (Å²) in [4.78, 5) is 0. The molecule has 0 aliphatic carbocycles. The quantitative estimate of drug-likeness (QED) is 0.843. The van der Waals surface area contributed by atoms with E-state index in [2.05, 4.69) is 29.3 Å². The van der Waals surface area contributed by atoms with Crippen LogP contribution in [0.15, 0.2) is 33.9 Å². The summed E-state index contributed by atoms with van der Waals surface area (Å²) in [6.45, 7) is 4.40. The van der Waals surface area contributed by atoms with Crippen LogP contribution in [0.2, 0.25) is 0 Å². The van der Waals surface area contributed by atoms with E-state index >= 15 is 0 Å². The summed E-state index contributed by atoms with van der Waals surface area (Å²) in [6.07, 6.45) is 0. The van der Waals surface area contributed by atoms with Gasteiger partial charge in [0.2, 0.25) is 5.89 Å². The minimum atomic E-state index is 0.149. The van der Waals surface area contributed by atoms with E-state index in [0.29, 0.717) is 17.7 Å². The van der Waals surface area contributed by atoms with E-state index < -0.39 is 0 Å². The van der Waals surface area contributed by atoms with E-state index in [1.807, 2.05) is 12.1 Å². The van der Waals surface area contributed by atoms with Crippen LogP contribution in [0.25, 0.3) is 0 Å². The SMILES string of the molecule is Cc1nnc(SC(CN)c2ccccc2C)o1. The number of rotatable bonds is 4. The van der Waals surface area contributed by atoms with Gasteiger partial charge in [-0.2, -0.15) is 0 Å². The van der Waals surface area contributed by atoms with E-state index in [1.54, 1.807) is 6.92 Å². The van der Waals surface area contributed by atoms with Crippen LogP contribution >= 0.6 is 11.8 Å². The molecule has 0 saturated carbocycles. The third-order valence-corrected chi connectivity index (χ3v) is 3.60. The molecule has 17 heavy (non-hydrogen) atoms. The predicted molar refractivity (Wildman–Crippen MR) is 67.9 cm³/mol. The number of hydrogen-bond donors (Lipinski definition) is 1. The Morgan fingerprint density at radius 3 is 2.65 bits per heavy atom. The second-order valence-corrected chi connectivity index (χ2v) is 4.94. The lowest BCUT2D eigenvalue weighted by Gasteiger charge is -2.14. The van der Waals surface area contributed by atoms with Gasteiger partial charge in [0.1, 0.15) is 0 Å². The number of aryl methyl sites for hydroxylation is 2. The highest BCUT2D eigenvalue weighted by Crippen LogP contribution is 2.34. The highest BCUT2D eigenvalue weighted by molar-refractivity contribution is 7.99. The van der Waals surface area contributed by atoms with Crippen molar-refractivity contribution in [3.05, 3.63) is 41.3 Å². The lowest BCUT2D eigenvalue weighted by atomic mass is 10.1. The zero-order valence-corrected chi connectivity index (χ0v) is 10.7. The molecule has 2 N–H and O–H groups in total. The Kier molecular flexibility index (Phi) is 3.81. The van der Waals surface area contributed by atoms with E-state index in [0.717, 1.165) is 0 Å². The molecule has 5 heteroatoms. The van der Waals surface area contributed by atoms with Crippen LogP contribution < -0.4 is 5.73 Å². The van der Waals surface area contributed by atoms with E-state index in [9.17, 15) is 0 Å². The van der Waals surface area contributed by atoms with Gasteiger partial charge in [-0.1, -0.05) is 36.0 Å². The lowest BCUT2D eigenvalue weighted by molar-refractivity contribution is 0.428. The molecule has 2 rings (SSSR count). The first kappa shape index (κ1) is 12.1. The topological polar surface area (TPSA) is 64.9 Å². The molecule has 0 fully saturated rings. The molecule has 0 bridgehead atoms. The van der Waals surface area contributed by atoms with Crippen molar-refractivity contribution in [2.45, 2.75) is 24.3 Å². The molecule has 0 saturated heterocycles. The summed E-state index contributed by atoms with van der Waals surface area (Å²) in [5, 5.41) is 8.51. The fourth-order valence-corrected chi connectivity index (χ4v) is 2.62. The molecule has 2 aromatic rings.